The Morgan fingerprint density at radius 2 is 2.15 bits per heavy atom. The van der Waals surface area contributed by atoms with Crippen molar-refractivity contribution < 1.29 is 19.4 Å². The summed E-state index contributed by atoms with van der Waals surface area (Å²) in [5, 5.41) is 8.86. The molecule has 0 aromatic heterocycles. The highest BCUT2D eigenvalue weighted by Crippen LogP contribution is 2.23. The lowest BCUT2D eigenvalue weighted by Crippen LogP contribution is -2.48. The lowest BCUT2D eigenvalue weighted by atomic mass is 10.0. The molecule has 0 aromatic carbocycles. The number of imide groups is 1. The van der Waals surface area contributed by atoms with Gasteiger partial charge in [-0.05, 0) is 12.3 Å². The molecule has 1 fully saturated rings. The van der Waals surface area contributed by atoms with Gasteiger partial charge in [-0.15, -0.1) is 11.6 Å². The number of ether oxygens (including phenoxy) is 1. The van der Waals surface area contributed by atoms with Gasteiger partial charge in [-0.2, -0.15) is 0 Å². The zero-order valence-corrected chi connectivity index (χ0v) is 13.1. The first kappa shape index (κ1) is 17.2. The maximum atomic E-state index is 12.3. The van der Waals surface area contributed by atoms with Crippen molar-refractivity contribution in [3.8, 4) is 0 Å². The first-order valence-corrected chi connectivity index (χ1v) is 7.65. The number of cyclic esters (lactones) is 1. The van der Waals surface area contributed by atoms with E-state index in [2.05, 4.69) is 6.92 Å². The molecule has 5 nitrogen and oxygen atoms in total. The van der Waals surface area contributed by atoms with Gasteiger partial charge in [-0.25, -0.2) is 9.69 Å². The minimum atomic E-state index is -1.10. The predicted molar refractivity (Wildman–Crippen MR) is 76.6 cm³/mol. The fourth-order valence-corrected chi connectivity index (χ4v) is 2.46. The molecule has 0 radical (unpaired) electrons. The number of hydrogen-bond acceptors (Lipinski definition) is 4. The Labute approximate surface area is 125 Å². The van der Waals surface area contributed by atoms with Crippen LogP contribution in [-0.2, 0) is 9.53 Å². The third-order valence-corrected chi connectivity index (χ3v) is 4.07. The van der Waals surface area contributed by atoms with E-state index in [1.54, 1.807) is 0 Å². The van der Waals surface area contributed by atoms with E-state index >= 15 is 0 Å². The summed E-state index contributed by atoms with van der Waals surface area (Å²) < 4.78 is 4.91. The van der Waals surface area contributed by atoms with Crippen LogP contribution < -0.4 is 0 Å². The van der Waals surface area contributed by atoms with Gasteiger partial charge in [0.2, 0.25) is 0 Å². The van der Waals surface area contributed by atoms with Crippen LogP contribution in [0.25, 0.3) is 0 Å². The molecule has 1 N–H and O–H groups in total. The van der Waals surface area contributed by atoms with Gasteiger partial charge < -0.3 is 9.84 Å². The number of unbranched alkanes of at least 4 members (excludes halogenated alkanes) is 2. The molecule has 1 aliphatic rings. The van der Waals surface area contributed by atoms with Crippen molar-refractivity contribution in [3.63, 3.8) is 0 Å². The molecule has 20 heavy (non-hydrogen) atoms. The van der Waals surface area contributed by atoms with E-state index in [4.69, 9.17) is 16.3 Å². The van der Waals surface area contributed by atoms with E-state index < -0.39 is 23.5 Å². The maximum absolute atomic E-state index is 12.3. The fraction of sp³-hybridized carbons (Fsp3) is 0.857. The second-order valence-corrected chi connectivity index (χ2v) is 6.03. The number of aliphatic hydroxyl groups excluding tert-OH is 1. The largest absolute Gasteiger partial charge is 0.447 e. The maximum Gasteiger partial charge on any atom is 0.417 e. The Morgan fingerprint density at radius 1 is 1.50 bits per heavy atom. The van der Waals surface area contributed by atoms with Crippen molar-refractivity contribution in [2.24, 2.45) is 5.92 Å². The summed E-state index contributed by atoms with van der Waals surface area (Å²) in [5.41, 5.74) is 0. The molecule has 1 saturated heterocycles. The van der Waals surface area contributed by atoms with E-state index in [0.717, 1.165) is 24.2 Å². The molecule has 0 saturated carbocycles. The number of amides is 2. The predicted octanol–water partition coefficient (Wildman–Crippen LogP) is 2.54. The Morgan fingerprint density at radius 3 is 2.70 bits per heavy atom. The number of nitrogens with zero attached hydrogens (tertiary/aromatic N) is 1. The third-order valence-electron chi connectivity index (χ3n) is 3.59. The van der Waals surface area contributed by atoms with Gasteiger partial charge in [0.25, 0.3) is 5.91 Å². The molecule has 1 rings (SSSR count). The number of halogens is 1. The SMILES string of the molecule is CCCCC[C@@H](O)[C@H](Cl)C(=O)N1C(=O)OC[C@@H]1C(C)C. The molecule has 0 spiro atoms. The van der Waals surface area contributed by atoms with Crippen molar-refractivity contribution >= 4 is 23.6 Å². The monoisotopic (exact) mass is 305 g/mol. The Hall–Kier alpha value is -0.810. The van der Waals surface area contributed by atoms with Crippen LogP contribution in [-0.4, -0.2) is 46.1 Å². The highest BCUT2D eigenvalue weighted by Gasteiger charge is 2.43. The van der Waals surface area contributed by atoms with Crippen LogP contribution in [0, 0.1) is 5.92 Å². The summed E-state index contributed by atoms with van der Waals surface area (Å²) in [7, 11) is 0. The molecular weight excluding hydrogens is 282 g/mol. The molecule has 0 bridgehead atoms. The zero-order chi connectivity index (χ0) is 15.3. The Kier molecular flexibility index (Phi) is 6.76. The molecular formula is C14H24ClNO4. The van der Waals surface area contributed by atoms with Crippen LogP contribution in [0.3, 0.4) is 0 Å². The van der Waals surface area contributed by atoms with Crippen LogP contribution in [0.4, 0.5) is 4.79 Å². The minimum absolute atomic E-state index is 0.0894. The molecule has 0 aromatic rings. The van der Waals surface area contributed by atoms with Gasteiger partial charge >= 0.3 is 6.09 Å². The Bertz CT molecular complexity index is 348. The number of rotatable bonds is 7. The molecule has 1 heterocycles. The van der Waals surface area contributed by atoms with E-state index in [1.165, 1.54) is 0 Å². The molecule has 6 heteroatoms. The molecule has 0 aliphatic carbocycles. The molecule has 0 unspecified atom stereocenters. The smallest absolute Gasteiger partial charge is 0.417 e. The standard InChI is InChI=1S/C14H24ClNO4/c1-4-5-6-7-11(17)12(15)13(18)16-10(9(2)3)8-20-14(16)19/h9-12,17H,4-8H2,1-3H3/t10-,11-,12+/m1/s1. The van der Waals surface area contributed by atoms with E-state index in [0.29, 0.717) is 6.42 Å². The quantitative estimate of drug-likeness (QED) is 0.580. The van der Waals surface area contributed by atoms with Gasteiger partial charge in [-0.3, -0.25) is 4.79 Å². The average molecular weight is 306 g/mol. The number of aliphatic hydroxyl groups is 1. The van der Waals surface area contributed by atoms with Gasteiger partial charge in [0, 0.05) is 0 Å². The summed E-state index contributed by atoms with van der Waals surface area (Å²) in [4.78, 5) is 25.0. The summed E-state index contributed by atoms with van der Waals surface area (Å²) in [6.45, 7) is 6.07. The topological polar surface area (TPSA) is 66.8 Å². The van der Waals surface area contributed by atoms with Crippen molar-refractivity contribution in [3.05, 3.63) is 0 Å². The lowest BCUT2D eigenvalue weighted by molar-refractivity contribution is -0.131. The first-order chi connectivity index (χ1) is 9.40. The summed E-state index contributed by atoms with van der Waals surface area (Å²) in [5.74, 6) is -0.469. The lowest BCUT2D eigenvalue weighted by Gasteiger charge is -2.26. The molecule has 116 valence electrons. The van der Waals surface area contributed by atoms with Crippen molar-refractivity contribution in [1.29, 1.82) is 0 Å². The van der Waals surface area contributed by atoms with Crippen LogP contribution in [0.2, 0.25) is 0 Å². The van der Waals surface area contributed by atoms with Crippen LogP contribution in [0.1, 0.15) is 46.5 Å². The van der Waals surface area contributed by atoms with Crippen LogP contribution in [0.5, 0.6) is 0 Å². The van der Waals surface area contributed by atoms with Crippen molar-refractivity contribution in [1.82, 2.24) is 4.90 Å². The van der Waals surface area contributed by atoms with E-state index in [9.17, 15) is 14.7 Å². The summed E-state index contributed by atoms with van der Waals surface area (Å²) >= 11 is 6.03. The van der Waals surface area contributed by atoms with Crippen LogP contribution in [0.15, 0.2) is 0 Å². The minimum Gasteiger partial charge on any atom is -0.447 e. The van der Waals surface area contributed by atoms with Crippen molar-refractivity contribution in [2.45, 2.75) is 64.0 Å². The second-order valence-electron chi connectivity index (χ2n) is 5.56. The van der Waals surface area contributed by atoms with Gasteiger partial charge in [0.05, 0.1) is 12.1 Å². The van der Waals surface area contributed by atoms with Crippen LogP contribution >= 0.6 is 11.6 Å². The number of hydrogen-bond donors (Lipinski definition) is 1. The molecule has 1 aliphatic heterocycles. The van der Waals surface area contributed by atoms with E-state index in [1.807, 2.05) is 13.8 Å². The highest BCUT2D eigenvalue weighted by molar-refractivity contribution is 6.32. The van der Waals surface area contributed by atoms with Gasteiger partial charge in [-0.1, -0.05) is 40.0 Å². The Balaban J connectivity index is 2.64. The highest BCUT2D eigenvalue weighted by atomic mass is 35.5. The van der Waals surface area contributed by atoms with E-state index in [-0.39, 0.29) is 18.6 Å². The molecule has 2 amide bonds. The molecule has 3 atom stereocenters. The second kappa shape index (κ2) is 7.84. The average Bonchev–Trinajstić information content (AvgIpc) is 2.79. The summed E-state index contributed by atoms with van der Waals surface area (Å²) in [6, 6.07) is -0.306. The number of carbonyl (C=O) groups excluding carboxylic acids is 2. The van der Waals surface area contributed by atoms with Gasteiger partial charge in [0.1, 0.15) is 12.0 Å². The third kappa shape index (κ3) is 4.09. The first-order valence-electron chi connectivity index (χ1n) is 7.22. The number of alkyl halides is 1. The fourth-order valence-electron chi connectivity index (χ4n) is 2.23. The zero-order valence-electron chi connectivity index (χ0n) is 12.3. The summed E-state index contributed by atoms with van der Waals surface area (Å²) in [6.07, 6.45) is 1.68. The normalized spacial score (nSPS) is 22.0. The number of carbonyl (C=O) groups is 2. The van der Waals surface area contributed by atoms with Crippen molar-refractivity contribution in [2.75, 3.05) is 6.61 Å². The van der Waals surface area contributed by atoms with Gasteiger partial charge in [0.15, 0.2) is 0 Å².